The number of benzene rings is 2. The molecule has 1 aliphatic heterocycles. The number of amides is 1. The van der Waals surface area contributed by atoms with Crippen LogP contribution >= 0.6 is 0 Å². The molecule has 3 rings (SSSR count). The summed E-state index contributed by atoms with van der Waals surface area (Å²) in [5, 5.41) is 6.45. The Kier molecular flexibility index (Phi) is 6.15. The molecule has 1 unspecified atom stereocenters. The van der Waals surface area contributed by atoms with Crippen molar-refractivity contribution in [2.45, 2.75) is 33.2 Å². The van der Waals surface area contributed by atoms with Crippen LogP contribution in [-0.2, 0) is 4.79 Å². The van der Waals surface area contributed by atoms with Crippen molar-refractivity contribution in [2.24, 2.45) is 5.10 Å². The quantitative estimate of drug-likeness (QED) is 0.764. The molecular weight excluding hydrogens is 350 g/mol. The van der Waals surface area contributed by atoms with Crippen molar-refractivity contribution < 1.29 is 9.53 Å². The minimum absolute atomic E-state index is 0.0185. The number of carbonyl (C=O) groups is 1. The van der Waals surface area contributed by atoms with Gasteiger partial charge in [-0.1, -0.05) is 42.8 Å². The molecule has 5 heteroatoms. The Morgan fingerprint density at radius 2 is 1.93 bits per heavy atom. The highest BCUT2D eigenvalue weighted by atomic mass is 16.5. The van der Waals surface area contributed by atoms with Crippen LogP contribution in [0.3, 0.4) is 0 Å². The van der Waals surface area contributed by atoms with Crippen molar-refractivity contribution in [1.82, 2.24) is 9.91 Å². The Labute approximate surface area is 167 Å². The Morgan fingerprint density at radius 3 is 2.54 bits per heavy atom. The van der Waals surface area contributed by atoms with Crippen LogP contribution in [-0.4, -0.2) is 48.8 Å². The molecule has 148 valence electrons. The Hall–Kier alpha value is -2.66. The van der Waals surface area contributed by atoms with Gasteiger partial charge in [0, 0.05) is 12.0 Å². The van der Waals surface area contributed by atoms with Gasteiger partial charge in [0.1, 0.15) is 5.75 Å². The molecule has 1 atom stereocenters. The third-order valence-electron chi connectivity index (χ3n) is 5.30. The molecule has 0 aliphatic carbocycles. The lowest BCUT2D eigenvalue weighted by atomic mass is 9.95. The highest BCUT2D eigenvalue weighted by Crippen LogP contribution is 2.34. The molecule has 0 saturated heterocycles. The predicted molar refractivity (Wildman–Crippen MR) is 113 cm³/mol. The maximum Gasteiger partial charge on any atom is 0.257 e. The number of hydrazone groups is 1. The molecule has 2 aromatic carbocycles. The van der Waals surface area contributed by atoms with Gasteiger partial charge in [-0.3, -0.25) is 9.69 Å². The third-order valence-corrected chi connectivity index (χ3v) is 5.30. The average Bonchev–Trinajstić information content (AvgIpc) is 3.13. The summed E-state index contributed by atoms with van der Waals surface area (Å²) in [5.41, 5.74) is 5.56. The van der Waals surface area contributed by atoms with Crippen LogP contribution in [0.1, 0.15) is 41.6 Å². The molecule has 0 radical (unpaired) electrons. The molecule has 1 heterocycles. The maximum absolute atomic E-state index is 13.0. The number of rotatable bonds is 6. The van der Waals surface area contributed by atoms with E-state index in [0.29, 0.717) is 13.0 Å². The summed E-state index contributed by atoms with van der Waals surface area (Å²) in [6, 6.07) is 14.2. The van der Waals surface area contributed by atoms with Gasteiger partial charge < -0.3 is 4.74 Å². The first-order valence-electron chi connectivity index (χ1n) is 9.72. The van der Waals surface area contributed by atoms with Gasteiger partial charge in [0.05, 0.1) is 25.4 Å². The lowest BCUT2D eigenvalue weighted by Crippen LogP contribution is -2.36. The van der Waals surface area contributed by atoms with E-state index in [2.05, 4.69) is 32.0 Å². The van der Waals surface area contributed by atoms with E-state index in [4.69, 9.17) is 9.84 Å². The number of nitrogens with zero attached hydrogens (tertiary/aromatic N) is 3. The summed E-state index contributed by atoms with van der Waals surface area (Å²) in [6.45, 7) is 7.40. The summed E-state index contributed by atoms with van der Waals surface area (Å²) >= 11 is 0. The van der Waals surface area contributed by atoms with E-state index >= 15 is 0 Å². The number of carbonyl (C=O) groups excluding carboxylic acids is 1. The minimum atomic E-state index is -0.0978. The number of hydrogen-bond donors (Lipinski definition) is 0. The van der Waals surface area contributed by atoms with Crippen LogP contribution in [0.15, 0.2) is 47.6 Å². The summed E-state index contributed by atoms with van der Waals surface area (Å²) in [6.07, 6.45) is 0.706. The van der Waals surface area contributed by atoms with Crippen molar-refractivity contribution in [2.75, 3.05) is 27.2 Å². The second-order valence-corrected chi connectivity index (χ2v) is 7.43. The van der Waals surface area contributed by atoms with Gasteiger partial charge in [0.2, 0.25) is 0 Å². The Bertz CT molecular complexity index is 874. The molecule has 2 aromatic rings. The van der Waals surface area contributed by atoms with Crippen LogP contribution in [0.5, 0.6) is 5.75 Å². The van der Waals surface area contributed by atoms with E-state index in [1.807, 2.05) is 43.1 Å². The van der Waals surface area contributed by atoms with Crippen molar-refractivity contribution in [3.63, 3.8) is 0 Å². The fourth-order valence-electron chi connectivity index (χ4n) is 3.54. The highest BCUT2D eigenvalue weighted by molar-refractivity contribution is 6.04. The SMILES string of the molecule is CCN(C)CC(=O)N1N=C(c2ccc(C)cc2C)CC1c1ccc(OC)cc1. The zero-order valence-electron chi connectivity index (χ0n) is 17.4. The number of hydrogen-bond acceptors (Lipinski definition) is 4. The van der Waals surface area contributed by atoms with Crippen molar-refractivity contribution in [3.8, 4) is 5.75 Å². The van der Waals surface area contributed by atoms with E-state index in [0.717, 1.165) is 29.1 Å². The largest absolute Gasteiger partial charge is 0.497 e. The van der Waals surface area contributed by atoms with Gasteiger partial charge in [-0.15, -0.1) is 0 Å². The standard InChI is InChI=1S/C23H29N3O2/c1-6-25(4)15-23(27)26-22(18-8-10-19(28-5)11-9-18)14-21(24-26)20-12-7-16(2)13-17(20)3/h7-13,22H,6,14-15H2,1-5H3. The van der Waals surface area contributed by atoms with E-state index in [9.17, 15) is 4.79 Å². The van der Waals surface area contributed by atoms with E-state index in [-0.39, 0.29) is 11.9 Å². The molecular formula is C23H29N3O2. The predicted octanol–water partition coefficient (Wildman–Crippen LogP) is 3.94. The smallest absolute Gasteiger partial charge is 0.257 e. The molecule has 0 saturated carbocycles. The van der Waals surface area contributed by atoms with Crippen molar-refractivity contribution in [1.29, 1.82) is 0 Å². The molecule has 0 spiro atoms. The fraction of sp³-hybridized carbons (Fsp3) is 0.391. The zero-order valence-corrected chi connectivity index (χ0v) is 17.4. The van der Waals surface area contributed by atoms with Crippen LogP contribution < -0.4 is 4.74 Å². The molecule has 0 aromatic heterocycles. The summed E-state index contributed by atoms with van der Waals surface area (Å²) in [4.78, 5) is 15.0. The van der Waals surface area contributed by atoms with Crippen LogP contribution in [0.4, 0.5) is 0 Å². The van der Waals surface area contributed by atoms with Crippen LogP contribution in [0.2, 0.25) is 0 Å². The summed E-state index contributed by atoms with van der Waals surface area (Å²) < 4.78 is 5.27. The van der Waals surface area contributed by atoms with Crippen molar-refractivity contribution in [3.05, 3.63) is 64.7 Å². The number of likely N-dealkylation sites (N-methyl/N-ethyl adjacent to an activating group) is 1. The van der Waals surface area contributed by atoms with Crippen molar-refractivity contribution >= 4 is 11.6 Å². The lowest BCUT2D eigenvalue weighted by molar-refractivity contribution is -0.133. The lowest BCUT2D eigenvalue weighted by Gasteiger charge is -2.24. The average molecular weight is 380 g/mol. The van der Waals surface area contributed by atoms with Gasteiger partial charge >= 0.3 is 0 Å². The molecule has 5 nitrogen and oxygen atoms in total. The van der Waals surface area contributed by atoms with E-state index in [1.165, 1.54) is 11.1 Å². The van der Waals surface area contributed by atoms with Gasteiger partial charge in [-0.25, -0.2) is 5.01 Å². The number of methoxy groups -OCH3 is 1. The van der Waals surface area contributed by atoms with Crippen LogP contribution in [0, 0.1) is 13.8 Å². The number of aryl methyl sites for hydroxylation is 2. The fourth-order valence-corrected chi connectivity index (χ4v) is 3.54. The third kappa shape index (κ3) is 4.25. The first-order valence-corrected chi connectivity index (χ1v) is 9.72. The molecule has 1 aliphatic rings. The topological polar surface area (TPSA) is 45.1 Å². The Balaban J connectivity index is 1.94. The number of ether oxygens (including phenoxy) is 1. The van der Waals surface area contributed by atoms with Gasteiger partial charge in [0.15, 0.2) is 0 Å². The van der Waals surface area contributed by atoms with Crippen LogP contribution in [0.25, 0.3) is 0 Å². The highest BCUT2D eigenvalue weighted by Gasteiger charge is 2.33. The molecule has 0 N–H and O–H groups in total. The second kappa shape index (κ2) is 8.57. The van der Waals surface area contributed by atoms with Gasteiger partial charge in [-0.2, -0.15) is 5.10 Å². The zero-order chi connectivity index (χ0) is 20.3. The molecule has 1 amide bonds. The van der Waals surface area contributed by atoms with E-state index in [1.54, 1.807) is 12.1 Å². The minimum Gasteiger partial charge on any atom is -0.497 e. The Morgan fingerprint density at radius 1 is 1.21 bits per heavy atom. The van der Waals surface area contributed by atoms with E-state index < -0.39 is 0 Å². The van der Waals surface area contributed by atoms with Gasteiger partial charge in [0.25, 0.3) is 5.91 Å². The monoisotopic (exact) mass is 379 g/mol. The van der Waals surface area contributed by atoms with Gasteiger partial charge in [-0.05, 0) is 50.7 Å². The molecule has 0 fully saturated rings. The maximum atomic E-state index is 13.0. The summed E-state index contributed by atoms with van der Waals surface area (Å²) in [5.74, 6) is 0.825. The first-order chi connectivity index (χ1) is 13.4. The normalized spacial score (nSPS) is 16.4. The summed E-state index contributed by atoms with van der Waals surface area (Å²) in [7, 11) is 3.60. The molecule has 0 bridgehead atoms. The first kappa shape index (κ1) is 20.1. The second-order valence-electron chi connectivity index (χ2n) is 7.43. The molecule has 28 heavy (non-hydrogen) atoms.